The monoisotopic (exact) mass is 437 g/mol. The number of rotatable bonds is 4. The number of carbonyl (C=O) groups is 2. The molecule has 0 aromatic heterocycles. The summed E-state index contributed by atoms with van der Waals surface area (Å²) in [4.78, 5) is 30.7. The topological polar surface area (TPSA) is 70.6 Å². The highest BCUT2D eigenvalue weighted by atomic mass is 16.1. The number of carbonyl (C=O) groups excluding carboxylic acids is 2. The molecular formula is C28H27N3O2. The first-order chi connectivity index (χ1) is 16.1. The number of Topliss-reactive ketones (excluding diaryl/α,β-unsaturated/α-hetero) is 1. The summed E-state index contributed by atoms with van der Waals surface area (Å²) in [5.41, 5.74) is 4.80. The van der Waals surface area contributed by atoms with Gasteiger partial charge in [0, 0.05) is 23.0 Å². The van der Waals surface area contributed by atoms with Crippen molar-refractivity contribution in [2.24, 2.45) is 10.9 Å². The van der Waals surface area contributed by atoms with Crippen molar-refractivity contribution in [2.45, 2.75) is 38.1 Å². The SMILES string of the molecule is Cc1ccccc1C(=O)Nc1ccc(C(=O)C2C=NC3=CCCCC34NC=CC=C4C2)cc1. The Bertz CT molecular complexity index is 1220. The van der Waals surface area contributed by atoms with E-state index in [-0.39, 0.29) is 23.1 Å². The van der Waals surface area contributed by atoms with Crippen LogP contribution in [-0.2, 0) is 0 Å². The van der Waals surface area contributed by atoms with Crippen molar-refractivity contribution in [3.05, 3.63) is 101 Å². The largest absolute Gasteiger partial charge is 0.377 e. The number of benzene rings is 2. The van der Waals surface area contributed by atoms with Gasteiger partial charge in [0.1, 0.15) is 5.54 Å². The highest BCUT2D eigenvalue weighted by molar-refractivity contribution is 6.08. The molecule has 2 aromatic rings. The van der Waals surface area contributed by atoms with Crippen molar-refractivity contribution in [2.75, 3.05) is 5.32 Å². The van der Waals surface area contributed by atoms with E-state index in [0.717, 1.165) is 30.5 Å². The predicted molar refractivity (Wildman–Crippen MR) is 132 cm³/mol. The third-order valence-corrected chi connectivity index (χ3v) is 6.79. The number of anilines is 1. The lowest BCUT2D eigenvalue weighted by Crippen LogP contribution is -2.47. The van der Waals surface area contributed by atoms with Crippen LogP contribution in [-0.4, -0.2) is 23.4 Å². The molecule has 2 unspecified atom stereocenters. The molecule has 166 valence electrons. The van der Waals surface area contributed by atoms with Crippen LogP contribution in [0.25, 0.3) is 0 Å². The molecule has 2 aromatic carbocycles. The summed E-state index contributed by atoms with van der Waals surface area (Å²) < 4.78 is 0. The van der Waals surface area contributed by atoms with E-state index in [2.05, 4.69) is 22.8 Å². The molecule has 0 bridgehead atoms. The fourth-order valence-electron chi connectivity index (χ4n) is 4.95. The Morgan fingerprint density at radius 2 is 1.94 bits per heavy atom. The molecule has 3 aliphatic rings. The van der Waals surface area contributed by atoms with Gasteiger partial charge in [-0.05, 0) is 86.4 Å². The number of ketones is 1. The summed E-state index contributed by atoms with van der Waals surface area (Å²) in [5.74, 6) is -0.435. The highest BCUT2D eigenvalue weighted by Crippen LogP contribution is 2.42. The van der Waals surface area contributed by atoms with Crippen LogP contribution in [0.2, 0.25) is 0 Å². The minimum atomic E-state index is -0.319. The summed E-state index contributed by atoms with van der Waals surface area (Å²) in [5, 5.41) is 6.45. The smallest absolute Gasteiger partial charge is 0.255 e. The second kappa shape index (κ2) is 8.66. The van der Waals surface area contributed by atoms with Gasteiger partial charge in [-0.2, -0.15) is 0 Å². The number of aliphatic imine (C=N–C) groups is 1. The van der Waals surface area contributed by atoms with Crippen molar-refractivity contribution in [3.8, 4) is 0 Å². The van der Waals surface area contributed by atoms with Crippen LogP contribution in [0.5, 0.6) is 0 Å². The van der Waals surface area contributed by atoms with Gasteiger partial charge in [-0.3, -0.25) is 14.6 Å². The quantitative estimate of drug-likeness (QED) is 0.632. The molecule has 2 aliphatic heterocycles. The molecule has 1 amide bonds. The molecule has 2 atom stereocenters. The zero-order valence-electron chi connectivity index (χ0n) is 18.7. The lowest BCUT2D eigenvalue weighted by atomic mass is 9.74. The van der Waals surface area contributed by atoms with E-state index in [1.807, 2.05) is 43.6 Å². The summed E-state index contributed by atoms with van der Waals surface area (Å²) in [6, 6.07) is 14.6. The predicted octanol–water partition coefficient (Wildman–Crippen LogP) is 5.37. The Labute approximate surface area is 194 Å². The van der Waals surface area contributed by atoms with Crippen LogP contribution in [0, 0.1) is 12.8 Å². The zero-order valence-corrected chi connectivity index (χ0v) is 18.7. The second-order valence-corrected chi connectivity index (χ2v) is 8.88. The van der Waals surface area contributed by atoms with Gasteiger partial charge in [-0.15, -0.1) is 0 Å². The fourth-order valence-corrected chi connectivity index (χ4v) is 4.95. The van der Waals surface area contributed by atoms with Crippen LogP contribution >= 0.6 is 0 Å². The highest BCUT2D eigenvalue weighted by Gasteiger charge is 2.42. The van der Waals surface area contributed by atoms with E-state index >= 15 is 0 Å². The minimum absolute atomic E-state index is 0.0420. The van der Waals surface area contributed by atoms with Crippen LogP contribution in [0.1, 0.15) is 52.0 Å². The Morgan fingerprint density at radius 1 is 1.12 bits per heavy atom. The number of hydrogen-bond acceptors (Lipinski definition) is 4. The van der Waals surface area contributed by atoms with Crippen molar-refractivity contribution in [3.63, 3.8) is 0 Å². The second-order valence-electron chi connectivity index (χ2n) is 8.88. The maximum absolute atomic E-state index is 13.4. The number of allylic oxidation sites excluding steroid dienone is 3. The van der Waals surface area contributed by atoms with Crippen molar-refractivity contribution >= 4 is 23.6 Å². The zero-order chi connectivity index (χ0) is 22.8. The molecule has 2 heterocycles. The van der Waals surface area contributed by atoms with Crippen molar-refractivity contribution in [1.82, 2.24) is 5.32 Å². The van der Waals surface area contributed by atoms with Gasteiger partial charge in [0.2, 0.25) is 0 Å². The normalized spacial score (nSPS) is 23.2. The van der Waals surface area contributed by atoms with Gasteiger partial charge in [-0.25, -0.2) is 0 Å². The summed E-state index contributed by atoms with van der Waals surface area (Å²) in [6.07, 6.45) is 13.9. The minimum Gasteiger partial charge on any atom is -0.377 e. The Balaban J connectivity index is 1.34. The maximum atomic E-state index is 13.4. The van der Waals surface area contributed by atoms with E-state index in [4.69, 9.17) is 4.99 Å². The number of aryl methyl sites for hydroxylation is 1. The lowest BCUT2D eigenvalue weighted by molar-refractivity contribution is 0.0954. The molecule has 2 N–H and O–H groups in total. The summed E-state index contributed by atoms with van der Waals surface area (Å²) in [7, 11) is 0. The molecular weight excluding hydrogens is 410 g/mol. The molecule has 1 spiro atoms. The van der Waals surface area contributed by atoms with Crippen molar-refractivity contribution in [1.29, 1.82) is 0 Å². The maximum Gasteiger partial charge on any atom is 0.255 e. The molecule has 1 aliphatic carbocycles. The molecule has 0 saturated carbocycles. The number of nitrogens with one attached hydrogen (secondary N) is 2. The van der Waals surface area contributed by atoms with Crippen LogP contribution in [0.4, 0.5) is 5.69 Å². The van der Waals surface area contributed by atoms with Crippen LogP contribution < -0.4 is 10.6 Å². The lowest BCUT2D eigenvalue weighted by Gasteiger charge is -2.40. The number of amides is 1. The van der Waals surface area contributed by atoms with E-state index in [0.29, 0.717) is 23.2 Å². The van der Waals surface area contributed by atoms with Gasteiger partial charge in [0.05, 0.1) is 11.6 Å². The fraction of sp³-hybridized carbons (Fsp3) is 0.250. The van der Waals surface area contributed by atoms with Crippen molar-refractivity contribution < 1.29 is 9.59 Å². The number of dihydropyridines is 1. The van der Waals surface area contributed by atoms with Gasteiger partial charge < -0.3 is 10.6 Å². The summed E-state index contributed by atoms with van der Waals surface area (Å²) in [6.45, 7) is 1.91. The molecule has 0 saturated heterocycles. The standard InChI is InChI=1S/C28H27N3O2/c1-19-7-2-3-9-24(19)27(33)31-23-13-11-20(12-14-23)26(32)21-17-22-8-6-16-30-28(22)15-5-4-10-25(28)29-18-21/h2-3,6-14,16,18,21,30H,4-5,15,17H2,1H3,(H,31,33). The molecule has 5 nitrogen and oxygen atoms in total. The van der Waals surface area contributed by atoms with Crippen LogP contribution in [0.15, 0.2) is 89.2 Å². The third kappa shape index (κ3) is 3.95. The molecule has 5 heteroatoms. The summed E-state index contributed by atoms with van der Waals surface area (Å²) >= 11 is 0. The van der Waals surface area contributed by atoms with Gasteiger partial charge in [-0.1, -0.05) is 30.4 Å². The van der Waals surface area contributed by atoms with Crippen LogP contribution in [0.3, 0.4) is 0 Å². The Morgan fingerprint density at radius 3 is 2.76 bits per heavy atom. The average molecular weight is 438 g/mol. The first kappa shape index (κ1) is 21.1. The molecule has 0 radical (unpaired) electrons. The van der Waals surface area contributed by atoms with Gasteiger partial charge in [0.25, 0.3) is 5.91 Å². The first-order valence-electron chi connectivity index (χ1n) is 11.5. The molecule has 5 rings (SSSR count). The first-order valence-corrected chi connectivity index (χ1v) is 11.5. The van der Waals surface area contributed by atoms with E-state index in [1.165, 1.54) is 5.57 Å². The number of nitrogens with zero attached hydrogens (tertiary/aromatic N) is 1. The van der Waals surface area contributed by atoms with E-state index < -0.39 is 0 Å². The third-order valence-electron chi connectivity index (χ3n) is 6.79. The Kier molecular flexibility index (Phi) is 5.55. The number of hydrogen-bond donors (Lipinski definition) is 2. The van der Waals surface area contributed by atoms with E-state index in [1.54, 1.807) is 30.3 Å². The van der Waals surface area contributed by atoms with Gasteiger partial charge in [0.15, 0.2) is 5.78 Å². The van der Waals surface area contributed by atoms with Gasteiger partial charge >= 0.3 is 0 Å². The Hall–Kier alpha value is -3.73. The average Bonchev–Trinajstić information content (AvgIpc) is 3.01. The molecule has 33 heavy (non-hydrogen) atoms. The molecule has 0 fully saturated rings. The van der Waals surface area contributed by atoms with E-state index in [9.17, 15) is 9.59 Å².